The molecule has 3 rings (SSSR count). The second kappa shape index (κ2) is 7.69. The van der Waals surface area contributed by atoms with Crippen molar-refractivity contribution in [1.29, 1.82) is 0 Å². The maximum atomic E-state index is 12.8. The molecule has 0 atom stereocenters. The summed E-state index contributed by atoms with van der Waals surface area (Å²) in [4.78, 5) is -0.524. The van der Waals surface area contributed by atoms with Crippen molar-refractivity contribution in [3.05, 3.63) is 66.2 Å². The van der Waals surface area contributed by atoms with Crippen LogP contribution in [0.2, 0.25) is 0 Å². The van der Waals surface area contributed by atoms with Crippen molar-refractivity contribution in [2.45, 2.75) is 16.1 Å². The van der Waals surface area contributed by atoms with Gasteiger partial charge in [0.05, 0.1) is 16.2 Å². The number of halogens is 3. The Morgan fingerprint density at radius 3 is 2.07 bits per heavy atom. The zero-order valence-corrected chi connectivity index (χ0v) is 16.9. The lowest BCUT2D eigenvalue weighted by Crippen LogP contribution is -2.14. The van der Waals surface area contributed by atoms with E-state index in [4.69, 9.17) is 0 Å². The molecule has 0 fully saturated rings. The molecule has 1 aromatic heterocycles. The fourth-order valence-corrected chi connectivity index (χ4v) is 4.04. The lowest BCUT2D eigenvalue weighted by atomic mass is 10.1. The lowest BCUT2D eigenvalue weighted by molar-refractivity contribution is -0.137. The molecule has 7 nitrogen and oxygen atoms in total. The van der Waals surface area contributed by atoms with Crippen molar-refractivity contribution in [3.8, 4) is 11.3 Å². The van der Waals surface area contributed by atoms with Crippen molar-refractivity contribution in [3.63, 3.8) is 0 Å². The Labute approximate surface area is 170 Å². The van der Waals surface area contributed by atoms with E-state index in [1.165, 1.54) is 36.4 Å². The van der Waals surface area contributed by atoms with Crippen LogP contribution < -0.4 is 4.72 Å². The molecule has 0 saturated heterocycles. The predicted octanol–water partition coefficient (Wildman–Crippen LogP) is 3.37. The number of hydrogen-bond donors (Lipinski definition) is 1. The molecule has 0 spiro atoms. The first-order chi connectivity index (χ1) is 13.9. The zero-order valence-electron chi connectivity index (χ0n) is 15.3. The van der Waals surface area contributed by atoms with Crippen LogP contribution in [-0.2, 0) is 26.0 Å². The van der Waals surface area contributed by atoms with Gasteiger partial charge in [0, 0.05) is 17.5 Å². The van der Waals surface area contributed by atoms with Gasteiger partial charge in [0.1, 0.15) is 0 Å². The van der Waals surface area contributed by atoms with E-state index < -0.39 is 36.5 Å². The van der Waals surface area contributed by atoms with E-state index in [0.717, 1.165) is 24.5 Å². The monoisotopic (exact) mass is 457 g/mol. The first kappa shape index (κ1) is 21.7. The molecule has 0 aliphatic heterocycles. The predicted molar refractivity (Wildman–Crippen MR) is 103 cm³/mol. The van der Waals surface area contributed by atoms with Crippen LogP contribution in [0.25, 0.3) is 11.3 Å². The largest absolute Gasteiger partial charge is 0.416 e. The minimum Gasteiger partial charge on any atom is -0.280 e. The van der Waals surface area contributed by atoms with E-state index >= 15 is 0 Å². The molecule has 0 bridgehead atoms. The van der Waals surface area contributed by atoms with E-state index in [1.54, 1.807) is 0 Å². The van der Waals surface area contributed by atoms with Gasteiger partial charge in [-0.05, 0) is 42.5 Å². The minimum atomic E-state index is -4.67. The average Bonchev–Trinajstić information content (AvgIpc) is 2.67. The van der Waals surface area contributed by atoms with E-state index in [1.807, 2.05) is 0 Å². The molecule has 0 radical (unpaired) electrons. The van der Waals surface area contributed by atoms with Crippen LogP contribution in [0.15, 0.2) is 70.6 Å². The molecule has 0 saturated carbocycles. The number of aromatic nitrogens is 2. The highest BCUT2D eigenvalue weighted by molar-refractivity contribution is 7.92. The maximum Gasteiger partial charge on any atom is 0.416 e. The standard InChI is InChI=1S/C18H14F3N3O4S2/c1-29(25,26)17-10-9-16(22-23-17)12-5-7-14(8-6-12)24-30(27,28)15-4-2-3-13(11-15)18(19,20)21/h2-11,24H,1H3. The molecule has 158 valence electrons. The summed E-state index contributed by atoms with van der Waals surface area (Å²) in [6, 6.07) is 12.0. The molecule has 0 aliphatic carbocycles. The van der Waals surface area contributed by atoms with E-state index in [2.05, 4.69) is 14.9 Å². The minimum absolute atomic E-state index is 0.122. The van der Waals surface area contributed by atoms with Crippen LogP contribution >= 0.6 is 0 Å². The summed E-state index contributed by atoms with van der Waals surface area (Å²) in [7, 11) is -7.73. The number of sulfone groups is 1. The fourth-order valence-electron chi connectivity index (χ4n) is 2.43. The molecule has 1 heterocycles. The summed E-state index contributed by atoms with van der Waals surface area (Å²) in [5.74, 6) is 0. The maximum absolute atomic E-state index is 12.8. The Morgan fingerprint density at radius 1 is 0.867 bits per heavy atom. The molecule has 0 amide bonds. The first-order valence-corrected chi connectivity index (χ1v) is 11.6. The van der Waals surface area contributed by atoms with Gasteiger partial charge < -0.3 is 0 Å². The normalized spacial score (nSPS) is 12.5. The molecule has 2 aromatic carbocycles. The summed E-state index contributed by atoms with van der Waals surface area (Å²) in [5, 5.41) is 7.28. The van der Waals surface area contributed by atoms with Crippen molar-refractivity contribution in [2.24, 2.45) is 0 Å². The Bertz CT molecular complexity index is 1270. The molecular formula is C18H14F3N3O4S2. The third-order valence-electron chi connectivity index (χ3n) is 3.92. The van der Waals surface area contributed by atoms with Gasteiger partial charge in [-0.25, -0.2) is 16.8 Å². The molecule has 0 unspecified atom stereocenters. The number of anilines is 1. The van der Waals surface area contributed by atoms with E-state index in [0.29, 0.717) is 17.3 Å². The van der Waals surface area contributed by atoms with Crippen LogP contribution in [0.4, 0.5) is 18.9 Å². The molecule has 12 heteroatoms. The summed E-state index contributed by atoms with van der Waals surface area (Å²) in [6.07, 6.45) is -3.66. The van der Waals surface area contributed by atoms with Gasteiger partial charge in [-0.2, -0.15) is 13.2 Å². The summed E-state index contributed by atoms with van der Waals surface area (Å²) >= 11 is 0. The van der Waals surface area contributed by atoms with Gasteiger partial charge in [-0.15, -0.1) is 10.2 Å². The fraction of sp³-hybridized carbons (Fsp3) is 0.111. The van der Waals surface area contributed by atoms with Crippen LogP contribution in [0.3, 0.4) is 0 Å². The van der Waals surface area contributed by atoms with Crippen molar-refractivity contribution >= 4 is 25.5 Å². The van der Waals surface area contributed by atoms with Crippen LogP contribution in [0, 0.1) is 0 Å². The van der Waals surface area contributed by atoms with Crippen LogP contribution in [0.1, 0.15) is 5.56 Å². The Balaban J connectivity index is 1.82. The van der Waals surface area contributed by atoms with Gasteiger partial charge in [-0.3, -0.25) is 4.72 Å². The number of benzene rings is 2. The van der Waals surface area contributed by atoms with Crippen LogP contribution in [-0.4, -0.2) is 33.3 Å². The summed E-state index contributed by atoms with van der Waals surface area (Å²) in [5.41, 5.74) is -0.0621. The van der Waals surface area contributed by atoms with Crippen molar-refractivity contribution < 1.29 is 30.0 Å². The topological polar surface area (TPSA) is 106 Å². The van der Waals surface area contributed by atoms with Gasteiger partial charge in [0.2, 0.25) is 0 Å². The quantitative estimate of drug-likeness (QED) is 0.630. The molecule has 0 aliphatic rings. The summed E-state index contributed by atoms with van der Waals surface area (Å²) < 4.78 is 88.3. The molecular weight excluding hydrogens is 443 g/mol. The number of rotatable bonds is 5. The van der Waals surface area contributed by atoms with Gasteiger partial charge in [0.25, 0.3) is 10.0 Å². The number of sulfonamides is 1. The number of hydrogen-bond acceptors (Lipinski definition) is 6. The van der Waals surface area contributed by atoms with Gasteiger partial charge in [0.15, 0.2) is 14.9 Å². The molecule has 3 aromatic rings. The van der Waals surface area contributed by atoms with Crippen molar-refractivity contribution in [2.75, 3.05) is 11.0 Å². The van der Waals surface area contributed by atoms with Gasteiger partial charge in [-0.1, -0.05) is 18.2 Å². The SMILES string of the molecule is CS(=O)(=O)c1ccc(-c2ccc(NS(=O)(=O)c3cccc(C(F)(F)F)c3)cc2)nn1. The Hall–Kier alpha value is -2.99. The highest BCUT2D eigenvalue weighted by Crippen LogP contribution is 2.31. The molecule has 1 N–H and O–H groups in total. The smallest absolute Gasteiger partial charge is 0.280 e. The molecule has 30 heavy (non-hydrogen) atoms. The summed E-state index contributed by atoms with van der Waals surface area (Å²) in [6.45, 7) is 0. The average molecular weight is 457 g/mol. The lowest BCUT2D eigenvalue weighted by Gasteiger charge is -2.11. The highest BCUT2D eigenvalue weighted by atomic mass is 32.2. The third kappa shape index (κ3) is 4.94. The van der Waals surface area contributed by atoms with E-state index in [-0.39, 0.29) is 10.7 Å². The Morgan fingerprint density at radius 2 is 1.53 bits per heavy atom. The second-order valence-corrected chi connectivity index (χ2v) is 9.88. The van der Waals surface area contributed by atoms with Crippen molar-refractivity contribution in [1.82, 2.24) is 10.2 Å². The number of nitrogens with one attached hydrogen (secondary N) is 1. The number of nitrogens with zero attached hydrogens (tertiary/aromatic N) is 2. The van der Waals surface area contributed by atoms with E-state index in [9.17, 15) is 30.0 Å². The second-order valence-electron chi connectivity index (χ2n) is 6.24. The first-order valence-electron chi connectivity index (χ1n) is 8.20. The number of alkyl halides is 3. The zero-order chi connectivity index (χ0) is 22.2. The van der Waals surface area contributed by atoms with Crippen LogP contribution in [0.5, 0.6) is 0 Å². The van der Waals surface area contributed by atoms with Gasteiger partial charge >= 0.3 is 6.18 Å². The Kier molecular flexibility index (Phi) is 5.56. The third-order valence-corrected chi connectivity index (χ3v) is 6.28. The highest BCUT2D eigenvalue weighted by Gasteiger charge is 2.31.